The predicted molar refractivity (Wildman–Crippen MR) is 96.8 cm³/mol. The van der Waals surface area contributed by atoms with Gasteiger partial charge in [-0.3, -0.25) is 9.78 Å². The monoisotopic (exact) mass is 320 g/mol. The van der Waals surface area contributed by atoms with Crippen LogP contribution in [0.4, 0.5) is 5.69 Å². The van der Waals surface area contributed by atoms with Gasteiger partial charge in [-0.15, -0.1) is 0 Å². The van der Waals surface area contributed by atoms with Crippen LogP contribution in [0.5, 0.6) is 5.75 Å². The molecule has 0 aliphatic rings. The van der Waals surface area contributed by atoms with Crippen LogP contribution in [0, 0.1) is 13.8 Å². The first-order valence-corrected chi connectivity index (χ1v) is 7.99. The molecule has 4 heteroatoms. The largest absolute Gasteiger partial charge is 0.492 e. The number of benzene rings is 2. The predicted octanol–water partition coefficient (Wildman–Crippen LogP) is 4.50. The molecule has 1 heterocycles. The number of carbonyl (C=O) groups is 1. The Kier molecular flexibility index (Phi) is 4.47. The van der Waals surface area contributed by atoms with Crippen LogP contribution in [0.3, 0.4) is 0 Å². The number of hydrogen-bond acceptors (Lipinski definition) is 3. The van der Waals surface area contributed by atoms with E-state index >= 15 is 0 Å². The standard InChI is InChI=1S/C20H20N2O2/c1-4-24-19-8-6-5-7-18(19)22-20(23)16-12-15-11-13(2)9-10-17(15)21-14(16)3/h5-12H,4H2,1-3H3,(H,22,23). The van der Waals surface area contributed by atoms with Crippen LogP contribution in [0.15, 0.2) is 48.5 Å². The van der Waals surface area contributed by atoms with E-state index in [9.17, 15) is 4.79 Å². The van der Waals surface area contributed by atoms with E-state index in [1.165, 1.54) is 0 Å². The van der Waals surface area contributed by atoms with E-state index in [0.717, 1.165) is 16.5 Å². The summed E-state index contributed by atoms with van der Waals surface area (Å²) >= 11 is 0. The molecular weight excluding hydrogens is 300 g/mol. The molecule has 1 aromatic heterocycles. The summed E-state index contributed by atoms with van der Waals surface area (Å²) in [5, 5.41) is 3.89. The molecule has 1 N–H and O–H groups in total. The summed E-state index contributed by atoms with van der Waals surface area (Å²) in [6.45, 7) is 6.33. The first kappa shape index (κ1) is 16.0. The van der Waals surface area contributed by atoms with Crippen molar-refractivity contribution in [2.45, 2.75) is 20.8 Å². The Hall–Kier alpha value is -2.88. The lowest BCUT2D eigenvalue weighted by molar-refractivity contribution is 0.102. The molecule has 0 fully saturated rings. The fourth-order valence-electron chi connectivity index (χ4n) is 2.66. The van der Waals surface area contributed by atoms with Crippen LogP contribution in [0.1, 0.15) is 28.5 Å². The van der Waals surface area contributed by atoms with Crippen molar-refractivity contribution < 1.29 is 9.53 Å². The number of amides is 1. The van der Waals surface area contributed by atoms with Crippen LogP contribution in [0.2, 0.25) is 0 Å². The number of rotatable bonds is 4. The molecule has 0 aliphatic heterocycles. The minimum Gasteiger partial charge on any atom is -0.492 e. The second-order valence-electron chi connectivity index (χ2n) is 5.70. The van der Waals surface area contributed by atoms with E-state index in [4.69, 9.17) is 4.74 Å². The lowest BCUT2D eigenvalue weighted by atomic mass is 10.1. The van der Waals surface area contributed by atoms with Gasteiger partial charge in [-0.25, -0.2) is 0 Å². The molecule has 0 saturated carbocycles. The molecule has 4 nitrogen and oxygen atoms in total. The summed E-state index contributed by atoms with van der Waals surface area (Å²) in [4.78, 5) is 17.3. The number of aryl methyl sites for hydroxylation is 2. The molecule has 0 bridgehead atoms. The van der Waals surface area contributed by atoms with Gasteiger partial charge in [-0.05, 0) is 51.1 Å². The SMILES string of the molecule is CCOc1ccccc1NC(=O)c1cc2cc(C)ccc2nc1C. The van der Waals surface area contributed by atoms with Gasteiger partial charge in [0.25, 0.3) is 5.91 Å². The van der Waals surface area contributed by atoms with Crippen LogP contribution in [0.25, 0.3) is 10.9 Å². The van der Waals surface area contributed by atoms with Crippen molar-refractivity contribution in [1.29, 1.82) is 0 Å². The van der Waals surface area contributed by atoms with E-state index in [1.54, 1.807) is 0 Å². The number of anilines is 1. The first-order valence-electron chi connectivity index (χ1n) is 7.99. The highest BCUT2D eigenvalue weighted by Gasteiger charge is 2.14. The normalized spacial score (nSPS) is 10.6. The first-order chi connectivity index (χ1) is 11.6. The topological polar surface area (TPSA) is 51.2 Å². The molecule has 0 unspecified atom stereocenters. The Morgan fingerprint density at radius 3 is 2.71 bits per heavy atom. The number of para-hydroxylation sites is 2. The summed E-state index contributed by atoms with van der Waals surface area (Å²) < 4.78 is 5.56. The maximum absolute atomic E-state index is 12.7. The van der Waals surface area contributed by atoms with Gasteiger partial charge in [0.05, 0.1) is 29.1 Å². The maximum Gasteiger partial charge on any atom is 0.257 e. The zero-order valence-corrected chi connectivity index (χ0v) is 14.1. The van der Waals surface area contributed by atoms with Gasteiger partial charge in [0.2, 0.25) is 0 Å². The third-order valence-electron chi connectivity index (χ3n) is 3.84. The van der Waals surface area contributed by atoms with E-state index < -0.39 is 0 Å². The fraction of sp³-hybridized carbons (Fsp3) is 0.200. The Labute approximate surface area is 141 Å². The zero-order valence-electron chi connectivity index (χ0n) is 14.1. The molecular formula is C20H20N2O2. The number of carbonyl (C=O) groups excluding carboxylic acids is 1. The highest BCUT2D eigenvalue weighted by molar-refractivity contribution is 6.07. The van der Waals surface area contributed by atoms with Gasteiger partial charge in [-0.1, -0.05) is 23.8 Å². The second-order valence-corrected chi connectivity index (χ2v) is 5.70. The Morgan fingerprint density at radius 1 is 1.12 bits per heavy atom. The van der Waals surface area contributed by atoms with Gasteiger partial charge in [0.15, 0.2) is 0 Å². The number of nitrogens with one attached hydrogen (secondary N) is 1. The Balaban J connectivity index is 1.95. The zero-order chi connectivity index (χ0) is 17.1. The molecule has 0 radical (unpaired) electrons. The molecule has 3 rings (SSSR count). The van der Waals surface area contributed by atoms with Gasteiger partial charge >= 0.3 is 0 Å². The second kappa shape index (κ2) is 6.71. The lowest BCUT2D eigenvalue weighted by Gasteiger charge is -2.12. The van der Waals surface area contributed by atoms with Crippen LogP contribution < -0.4 is 10.1 Å². The van der Waals surface area contributed by atoms with Crippen molar-refractivity contribution in [2.75, 3.05) is 11.9 Å². The molecule has 1 amide bonds. The van der Waals surface area contributed by atoms with E-state index in [1.807, 2.05) is 69.3 Å². The van der Waals surface area contributed by atoms with Crippen LogP contribution in [-0.4, -0.2) is 17.5 Å². The summed E-state index contributed by atoms with van der Waals surface area (Å²) in [6.07, 6.45) is 0. The van der Waals surface area contributed by atoms with Gasteiger partial charge < -0.3 is 10.1 Å². The summed E-state index contributed by atoms with van der Waals surface area (Å²) in [5.74, 6) is 0.478. The molecule has 3 aromatic rings. The van der Waals surface area contributed by atoms with Crippen molar-refractivity contribution >= 4 is 22.5 Å². The van der Waals surface area contributed by atoms with Gasteiger partial charge in [0, 0.05) is 5.39 Å². The summed E-state index contributed by atoms with van der Waals surface area (Å²) in [7, 11) is 0. The van der Waals surface area contributed by atoms with Crippen LogP contribution >= 0.6 is 0 Å². The third kappa shape index (κ3) is 3.23. The highest BCUT2D eigenvalue weighted by Crippen LogP contribution is 2.25. The minimum absolute atomic E-state index is 0.185. The molecule has 24 heavy (non-hydrogen) atoms. The summed E-state index contributed by atoms with van der Waals surface area (Å²) in [5.41, 5.74) is 3.97. The number of ether oxygens (including phenoxy) is 1. The van der Waals surface area contributed by atoms with E-state index in [0.29, 0.717) is 29.3 Å². The molecule has 0 spiro atoms. The van der Waals surface area contributed by atoms with Crippen LogP contribution in [-0.2, 0) is 0 Å². The van der Waals surface area contributed by atoms with E-state index in [-0.39, 0.29) is 5.91 Å². The maximum atomic E-state index is 12.7. The number of nitrogens with zero attached hydrogens (tertiary/aromatic N) is 1. The Bertz CT molecular complexity index is 903. The van der Waals surface area contributed by atoms with Crippen molar-refractivity contribution in [3.63, 3.8) is 0 Å². The Morgan fingerprint density at radius 2 is 1.92 bits per heavy atom. The fourth-order valence-corrected chi connectivity index (χ4v) is 2.66. The quantitative estimate of drug-likeness (QED) is 0.770. The number of fused-ring (bicyclic) bond motifs is 1. The number of aromatic nitrogens is 1. The van der Waals surface area contributed by atoms with Crippen molar-refractivity contribution in [1.82, 2.24) is 4.98 Å². The van der Waals surface area contributed by atoms with Gasteiger partial charge in [-0.2, -0.15) is 0 Å². The molecule has 0 saturated heterocycles. The third-order valence-corrected chi connectivity index (χ3v) is 3.84. The molecule has 0 atom stereocenters. The number of hydrogen-bond donors (Lipinski definition) is 1. The molecule has 122 valence electrons. The highest BCUT2D eigenvalue weighted by atomic mass is 16.5. The average molecular weight is 320 g/mol. The number of pyridine rings is 1. The van der Waals surface area contributed by atoms with Crippen molar-refractivity contribution in [3.05, 3.63) is 65.4 Å². The van der Waals surface area contributed by atoms with Gasteiger partial charge in [0.1, 0.15) is 5.75 Å². The van der Waals surface area contributed by atoms with Crippen molar-refractivity contribution in [3.8, 4) is 5.75 Å². The average Bonchev–Trinajstić information content (AvgIpc) is 2.56. The molecule has 0 aliphatic carbocycles. The minimum atomic E-state index is -0.185. The van der Waals surface area contributed by atoms with E-state index in [2.05, 4.69) is 10.3 Å². The van der Waals surface area contributed by atoms with Crippen molar-refractivity contribution in [2.24, 2.45) is 0 Å². The lowest BCUT2D eigenvalue weighted by Crippen LogP contribution is -2.15. The smallest absolute Gasteiger partial charge is 0.257 e. The molecule has 2 aromatic carbocycles. The summed E-state index contributed by atoms with van der Waals surface area (Å²) in [6, 6.07) is 15.3.